The van der Waals surface area contributed by atoms with E-state index in [1.807, 2.05) is 0 Å². The fraction of sp³-hybridized carbons (Fsp3) is 0.375. The summed E-state index contributed by atoms with van der Waals surface area (Å²) < 4.78 is 37.8. The normalized spacial score (nSPS) is 11.7. The van der Waals surface area contributed by atoms with Gasteiger partial charge >= 0.3 is 6.18 Å². The largest absolute Gasteiger partial charge is 0.416 e. The average Bonchev–Trinajstić information content (AvgIpc) is 2.94. The first-order chi connectivity index (χ1) is 11.0. The molecule has 1 aromatic carbocycles. The van der Waals surface area contributed by atoms with Crippen molar-refractivity contribution in [2.24, 2.45) is 0 Å². The molecular weight excluding hydrogens is 325 g/mol. The second kappa shape index (κ2) is 7.70. The first kappa shape index (κ1) is 17.6. The Bertz CT molecular complexity index is 650. The number of aryl methyl sites for hydroxylation is 1. The molecule has 0 aliphatic heterocycles. The summed E-state index contributed by atoms with van der Waals surface area (Å²) in [5.74, 6) is 0. The third-order valence-electron chi connectivity index (χ3n) is 3.39. The molecule has 3 nitrogen and oxygen atoms in total. The van der Waals surface area contributed by atoms with Gasteiger partial charge in [-0.1, -0.05) is 12.1 Å². The van der Waals surface area contributed by atoms with E-state index in [0.29, 0.717) is 23.4 Å². The number of unbranched alkanes of at least 4 members (excludes halogenated alkanes) is 2. The zero-order valence-electron chi connectivity index (χ0n) is 12.4. The van der Waals surface area contributed by atoms with Crippen molar-refractivity contribution in [1.29, 1.82) is 5.41 Å². The predicted octanol–water partition coefficient (Wildman–Crippen LogP) is 4.68. The Balaban J connectivity index is 2.16. The number of nitrogens with zero attached hydrogens (tertiary/aromatic N) is 1. The average molecular weight is 342 g/mol. The van der Waals surface area contributed by atoms with Crippen LogP contribution in [0.2, 0.25) is 0 Å². The topological polar surface area (TPSA) is 57.0 Å². The number of nitrogens with one attached hydrogen (secondary N) is 1. The molecule has 2 aromatic rings. The van der Waals surface area contributed by atoms with Gasteiger partial charge in [-0.15, -0.1) is 11.3 Å². The van der Waals surface area contributed by atoms with E-state index in [2.05, 4.69) is 4.98 Å². The van der Waals surface area contributed by atoms with Gasteiger partial charge in [0.05, 0.1) is 22.7 Å². The molecule has 2 N–H and O–H groups in total. The standard InChI is InChI=1S/C16H17F3N2OS/c17-16(18,19)12-7-5-11(6-8-12)15-21-13(14(10-22)23-15)4-2-1-3-9-20/h5-9,20,22H,1-4,10H2. The van der Waals surface area contributed by atoms with E-state index in [4.69, 9.17) is 5.41 Å². The quantitative estimate of drug-likeness (QED) is 0.567. The van der Waals surface area contributed by atoms with Crippen molar-refractivity contribution in [3.63, 3.8) is 0 Å². The van der Waals surface area contributed by atoms with E-state index < -0.39 is 11.7 Å². The van der Waals surface area contributed by atoms with Crippen LogP contribution in [0.15, 0.2) is 24.3 Å². The smallest absolute Gasteiger partial charge is 0.391 e. The second-order valence-electron chi connectivity index (χ2n) is 5.07. The van der Waals surface area contributed by atoms with E-state index in [1.54, 1.807) is 0 Å². The molecule has 0 saturated carbocycles. The molecule has 0 amide bonds. The third-order valence-corrected chi connectivity index (χ3v) is 4.52. The minimum atomic E-state index is -4.35. The maximum atomic E-state index is 12.6. The number of alkyl halides is 3. The minimum Gasteiger partial charge on any atom is -0.391 e. The van der Waals surface area contributed by atoms with Gasteiger partial charge < -0.3 is 10.5 Å². The SMILES string of the molecule is N=CCCCCc1nc(-c2ccc(C(F)(F)F)cc2)sc1CO. The lowest BCUT2D eigenvalue weighted by Crippen LogP contribution is -2.03. The fourth-order valence-electron chi connectivity index (χ4n) is 2.17. The highest BCUT2D eigenvalue weighted by molar-refractivity contribution is 7.15. The summed E-state index contributed by atoms with van der Waals surface area (Å²) in [6.07, 6.45) is 0.157. The number of rotatable bonds is 7. The molecule has 0 radical (unpaired) electrons. The number of halogens is 3. The molecule has 0 spiro atoms. The van der Waals surface area contributed by atoms with E-state index in [0.717, 1.165) is 35.5 Å². The molecule has 2 rings (SSSR count). The Morgan fingerprint density at radius 2 is 1.87 bits per heavy atom. The highest BCUT2D eigenvalue weighted by Gasteiger charge is 2.30. The van der Waals surface area contributed by atoms with Gasteiger partial charge in [0, 0.05) is 5.56 Å². The Morgan fingerprint density at radius 1 is 1.17 bits per heavy atom. The first-order valence-electron chi connectivity index (χ1n) is 7.21. The monoisotopic (exact) mass is 342 g/mol. The Labute approximate surface area is 136 Å². The lowest BCUT2D eigenvalue weighted by Gasteiger charge is -2.06. The molecule has 1 heterocycles. The number of aromatic nitrogens is 1. The molecule has 1 aromatic heterocycles. The first-order valence-corrected chi connectivity index (χ1v) is 8.03. The van der Waals surface area contributed by atoms with Gasteiger partial charge in [-0.05, 0) is 44.0 Å². The summed E-state index contributed by atoms with van der Waals surface area (Å²) in [6, 6.07) is 4.89. The van der Waals surface area contributed by atoms with Crippen LogP contribution in [0.3, 0.4) is 0 Å². The highest BCUT2D eigenvalue weighted by Crippen LogP contribution is 2.33. The van der Waals surface area contributed by atoms with Crippen molar-refractivity contribution in [3.8, 4) is 10.6 Å². The molecule has 0 unspecified atom stereocenters. The van der Waals surface area contributed by atoms with Crippen LogP contribution in [0, 0.1) is 5.41 Å². The molecule has 0 aliphatic carbocycles. The van der Waals surface area contributed by atoms with Crippen LogP contribution < -0.4 is 0 Å². The molecule has 0 bridgehead atoms. The number of benzene rings is 1. The van der Waals surface area contributed by atoms with Gasteiger partial charge in [0.1, 0.15) is 5.01 Å². The van der Waals surface area contributed by atoms with Gasteiger partial charge in [-0.25, -0.2) is 4.98 Å². The number of aliphatic hydroxyl groups excluding tert-OH is 1. The fourth-order valence-corrected chi connectivity index (χ4v) is 3.14. The summed E-state index contributed by atoms with van der Waals surface area (Å²) in [5, 5.41) is 17.0. The van der Waals surface area contributed by atoms with Gasteiger partial charge in [-0.3, -0.25) is 0 Å². The Hall–Kier alpha value is -1.73. The predicted molar refractivity (Wildman–Crippen MR) is 84.8 cm³/mol. The molecule has 0 saturated heterocycles. The number of hydrogen-bond donors (Lipinski definition) is 2. The van der Waals surface area contributed by atoms with Crippen LogP contribution in [-0.4, -0.2) is 16.3 Å². The van der Waals surface area contributed by atoms with Crippen LogP contribution in [0.1, 0.15) is 35.4 Å². The second-order valence-corrected chi connectivity index (χ2v) is 6.16. The van der Waals surface area contributed by atoms with Crippen molar-refractivity contribution in [3.05, 3.63) is 40.4 Å². The van der Waals surface area contributed by atoms with Crippen LogP contribution in [-0.2, 0) is 19.2 Å². The number of aliphatic hydroxyl groups is 1. The van der Waals surface area contributed by atoms with E-state index >= 15 is 0 Å². The lowest BCUT2D eigenvalue weighted by atomic mass is 10.1. The Morgan fingerprint density at radius 3 is 2.43 bits per heavy atom. The van der Waals surface area contributed by atoms with Crippen molar-refractivity contribution in [2.45, 2.75) is 38.5 Å². The van der Waals surface area contributed by atoms with Crippen molar-refractivity contribution in [1.82, 2.24) is 4.98 Å². The summed E-state index contributed by atoms with van der Waals surface area (Å²) in [5.41, 5.74) is 0.716. The zero-order valence-corrected chi connectivity index (χ0v) is 13.2. The van der Waals surface area contributed by atoms with Gasteiger partial charge in [0.25, 0.3) is 0 Å². The number of hydrogen-bond acceptors (Lipinski definition) is 4. The summed E-state index contributed by atoms with van der Waals surface area (Å²) in [7, 11) is 0. The zero-order chi connectivity index (χ0) is 16.9. The molecule has 0 atom stereocenters. The van der Waals surface area contributed by atoms with Crippen LogP contribution in [0.25, 0.3) is 10.6 Å². The van der Waals surface area contributed by atoms with Gasteiger partial charge in [0.2, 0.25) is 0 Å². The maximum absolute atomic E-state index is 12.6. The molecule has 124 valence electrons. The van der Waals surface area contributed by atoms with Crippen LogP contribution in [0.5, 0.6) is 0 Å². The Kier molecular flexibility index (Phi) is 5.90. The lowest BCUT2D eigenvalue weighted by molar-refractivity contribution is -0.137. The molecular formula is C16H17F3N2OS. The highest BCUT2D eigenvalue weighted by atomic mass is 32.1. The summed E-state index contributed by atoms with van der Waals surface area (Å²) >= 11 is 1.30. The van der Waals surface area contributed by atoms with E-state index in [9.17, 15) is 18.3 Å². The summed E-state index contributed by atoms with van der Waals surface area (Å²) in [6.45, 7) is -0.127. The summed E-state index contributed by atoms with van der Waals surface area (Å²) in [4.78, 5) is 5.21. The minimum absolute atomic E-state index is 0.127. The van der Waals surface area contributed by atoms with Crippen molar-refractivity contribution >= 4 is 17.6 Å². The van der Waals surface area contributed by atoms with Crippen molar-refractivity contribution in [2.75, 3.05) is 0 Å². The van der Waals surface area contributed by atoms with Gasteiger partial charge in [0.15, 0.2) is 0 Å². The molecule has 23 heavy (non-hydrogen) atoms. The van der Waals surface area contributed by atoms with Gasteiger partial charge in [-0.2, -0.15) is 13.2 Å². The van der Waals surface area contributed by atoms with E-state index in [-0.39, 0.29) is 6.61 Å². The van der Waals surface area contributed by atoms with E-state index in [1.165, 1.54) is 29.7 Å². The molecule has 0 fully saturated rings. The maximum Gasteiger partial charge on any atom is 0.416 e. The number of thiazole rings is 1. The molecule has 7 heteroatoms. The third kappa shape index (κ3) is 4.62. The molecule has 0 aliphatic rings. The van der Waals surface area contributed by atoms with Crippen LogP contribution in [0.4, 0.5) is 13.2 Å². The van der Waals surface area contributed by atoms with Crippen molar-refractivity contribution < 1.29 is 18.3 Å². The van der Waals surface area contributed by atoms with Crippen LogP contribution >= 0.6 is 11.3 Å².